The highest BCUT2D eigenvalue weighted by Gasteiger charge is 2.20. The first-order valence-corrected chi connectivity index (χ1v) is 8.99. The van der Waals surface area contributed by atoms with E-state index in [-0.39, 0.29) is 5.91 Å². The predicted molar refractivity (Wildman–Crippen MR) is 102 cm³/mol. The van der Waals surface area contributed by atoms with Gasteiger partial charge in [0.15, 0.2) is 0 Å². The molecular formula is C19H26N6O. The summed E-state index contributed by atoms with van der Waals surface area (Å²) >= 11 is 0. The molecule has 1 fully saturated rings. The highest BCUT2D eigenvalue weighted by molar-refractivity contribution is 5.73. The molecule has 3 heterocycles. The molecular weight excluding hydrogens is 328 g/mol. The summed E-state index contributed by atoms with van der Waals surface area (Å²) in [5.74, 6) is 2.77. The van der Waals surface area contributed by atoms with Gasteiger partial charge in [-0.15, -0.1) is 0 Å². The lowest BCUT2D eigenvalue weighted by atomic mass is 10.2. The number of aryl methyl sites for hydroxylation is 1. The number of nitrogens with zero attached hydrogens (tertiary/aromatic N) is 6. The number of hydrogen-bond donors (Lipinski definition) is 0. The molecule has 2 aromatic rings. The third-order valence-corrected chi connectivity index (χ3v) is 4.74. The van der Waals surface area contributed by atoms with Crippen LogP contribution < -0.4 is 9.80 Å². The van der Waals surface area contributed by atoms with Crippen LogP contribution in [0.3, 0.4) is 0 Å². The van der Waals surface area contributed by atoms with E-state index < -0.39 is 0 Å². The Balaban J connectivity index is 1.66. The fourth-order valence-corrected chi connectivity index (χ4v) is 3.11. The summed E-state index contributed by atoms with van der Waals surface area (Å²) in [7, 11) is 2.06. The summed E-state index contributed by atoms with van der Waals surface area (Å²) in [6, 6.07) is 6.13. The molecule has 0 atom stereocenters. The minimum absolute atomic E-state index is 0.139. The average molecular weight is 354 g/mol. The molecule has 7 nitrogen and oxygen atoms in total. The quantitative estimate of drug-likeness (QED) is 0.811. The van der Waals surface area contributed by atoms with Gasteiger partial charge >= 0.3 is 0 Å². The first-order valence-electron chi connectivity index (χ1n) is 8.99. The number of amides is 1. The van der Waals surface area contributed by atoms with E-state index in [1.54, 1.807) is 6.92 Å². The summed E-state index contributed by atoms with van der Waals surface area (Å²) in [6.07, 6.45) is 4.58. The zero-order valence-electron chi connectivity index (χ0n) is 15.7. The van der Waals surface area contributed by atoms with E-state index >= 15 is 0 Å². The van der Waals surface area contributed by atoms with E-state index in [0.717, 1.165) is 56.6 Å². The lowest BCUT2D eigenvalue weighted by molar-refractivity contribution is -0.129. The van der Waals surface area contributed by atoms with E-state index in [4.69, 9.17) is 0 Å². The number of anilines is 2. The molecule has 7 heteroatoms. The van der Waals surface area contributed by atoms with Gasteiger partial charge in [-0.2, -0.15) is 0 Å². The van der Waals surface area contributed by atoms with E-state index in [0.29, 0.717) is 0 Å². The number of carbonyl (C=O) groups is 1. The summed E-state index contributed by atoms with van der Waals surface area (Å²) in [5, 5.41) is 0. The lowest BCUT2D eigenvalue weighted by Gasteiger charge is -2.35. The molecule has 1 aliphatic rings. The van der Waals surface area contributed by atoms with E-state index in [1.165, 1.54) is 5.56 Å². The van der Waals surface area contributed by atoms with Crippen LogP contribution in [-0.4, -0.2) is 65.5 Å². The molecule has 1 aliphatic heterocycles. The van der Waals surface area contributed by atoms with Gasteiger partial charge in [0.2, 0.25) is 5.91 Å². The van der Waals surface area contributed by atoms with Gasteiger partial charge in [-0.05, 0) is 31.0 Å². The van der Waals surface area contributed by atoms with Crippen molar-refractivity contribution >= 4 is 17.5 Å². The first-order chi connectivity index (χ1) is 12.5. The third kappa shape index (κ3) is 4.47. The molecule has 138 valence electrons. The first kappa shape index (κ1) is 18.1. The Morgan fingerprint density at radius 1 is 1.15 bits per heavy atom. The highest BCUT2D eigenvalue weighted by Crippen LogP contribution is 2.20. The molecule has 2 aromatic heterocycles. The number of likely N-dealkylation sites (N-methyl/N-ethyl adjacent to an activating group) is 1. The number of pyridine rings is 1. The summed E-state index contributed by atoms with van der Waals surface area (Å²) in [5.41, 5.74) is 1.26. The van der Waals surface area contributed by atoms with Crippen molar-refractivity contribution in [1.82, 2.24) is 19.9 Å². The topological polar surface area (TPSA) is 65.5 Å². The van der Waals surface area contributed by atoms with Crippen LogP contribution in [0.5, 0.6) is 0 Å². The van der Waals surface area contributed by atoms with Crippen LogP contribution in [0.25, 0.3) is 0 Å². The molecule has 0 bridgehead atoms. The second kappa shape index (κ2) is 8.12. The predicted octanol–water partition coefficient (Wildman–Crippen LogP) is 1.53. The molecule has 0 saturated carbocycles. The monoisotopic (exact) mass is 354 g/mol. The smallest absolute Gasteiger partial charge is 0.219 e. The Labute approximate surface area is 154 Å². The summed E-state index contributed by atoms with van der Waals surface area (Å²) < 4.78 is 0. The molecule has 0 unspecified atom stereocenters. The van der Waals surface area contributed by atoms with Gasteiger partial charge in [0.25, 0.3) is 0 Å². The van der Waals surface area contributed by atoms with Crippen LogP contribution in [-0.2, 0) is 11.2 Å². The van der Waals surface area contributed by atoms with Crippen molar-refractivity contribution in [2.45, 2.75) is 20.3 Å². The maximum Gasteiger partial charge on any atom is 0.219 e. The van der Waals surface area contributed by atoms with Crippen LogP contribution >= 0.6 is 0 Å². The highest BCUT2D eigenvalue weighted by atomic mass is 16.2. The van der Waals surface area contributed by atoms with Crippen LogP contribution in [0.15, 0.2) is 30.6 Å². The van der Waals surface area contributed by atoms with Crippen molar-refractivity contribution in [1.29, 1.82) is 0 Å². The number of piperazine rings is 1. The molecule has 0 radical (unpaired) electrons. The molecule has 1 saturated heterocycles. The van der Waals surface area contributed by atoms with Crippen molar-refractivity contribution < 1.29 is 4.79 Å². The number of carbonyl (C=O) groups excluding carboxylic acids is 1. The third-order valence-electron chi connectivity index (χ3n) is 4.74. The molecule has 0 aromatic carbocycles. The van der Waals surface area contributed by atoms with Gasteiger partial charge in [-0.1, -0.05) is 0 Å². The fraction of sp³-hybridized carbons (Fsp3) is 0.474. The maximum atomic E-state index is 11.5. The SMILES string of the molecule is CC(=O)N1CCN(c2cc(N(C)CCc3ccncc3)nc(C)n2)CC1. The van der Waals surface area contributed by atoms with E-state index in [2.05, 4.69) is 31.8 Å². The second-order valence-electron chi connectivity index (χ2n) is 6.65. The van der Waals surface area contributed by atoms with Crippen LogP contribution in [0.1, 0.15) is 18.3 Å². The van der Waals surface area contributed by atoms with Crippen LogP contribution in [0, 0.1) is 6.92 Å². The zero-order chi connectivity index (χ0) is 18.5. The minimum Gasteiger partial charge on any atom is -0.359 e. The Bertz CT molecular complexity index is 743. The van der Waals surface area contributed by atoms with Crippen molar-refractivity contribution in [2.75, 3.05) is 49.6 Å². The number of aromatic nitrogens is 3. The molecule has 3 rings (SSSR count). The van der Waals surface area contributed by atoms with Crippen molar-refractivity contribution in [3.8, 4) is 0 Å². The Kier molecular flexibility index (Phi) is 5.65. The van der Waals surface area contributed by atoms with Crippen LogP contribution in [0.4, 0.5) is 11.6 Å². The minimum atomic E-state index is 0.139. The van der Waals surface area contributed by atoms with Crippen LogP contribution in [0.2, 0.25) is 0 Å². The van der Waals surface area contributed by atoms with Gasteiger partial charge in [-0.25, -0.2) is 9.97 Å². The van der Waals surface area contributed by atoms with E-state index in [1.807, 2.05) is 42.4 Å². The van der Waals surface area contributed by atoms with Gasteiger partial charge < -0.3 is 14.7 Å². The van der Waals surface area contributed by atoms with Gasteiger partial charge in [0.1, 0.15) is 17.5 Å². The maximum absolute atomic E-state index is 11.5. The zero-order valence-corrected chi connectivity index (χ0v) is 15.7. The second-order valence-corrected chi connectivity index (χ2v) is 6.65. The Morgan fingerprint density at radius 3 is 2.50 bits per heavy atom. The molecule has 0 N–H and O–H groups in total. The molecule has 0 aliphatic carbocycles. The fourth-order valence-electron chi connectivity index (χ4n) is 3.11. The lowest BCUT2D eigenvalue weighted by Crippen LogP contribution is -2.48. The summed E-state index contributed by atoms with van der Waals surface area (Å²) in [6.45, 7) is 7.51. The Hall–Kier alpha value is -2.70. The number of rotatable bonds is 5. The van der Waals surface area contributed by atoms with Gasteiger partial charge in [-0.3, -0.25) is 9.78 Å². The van der Waals surface area contributed by atoms with Gasteiger partial charge in [0, 0.05) is 65.2 Å². The standard InChI is InChI=1S/C19H26N6O/c1-15-21-18(23(3)9-6-17-4-7-20-8-5-17)14-19(22-15)25-12-10-24(11-13-25)16(2)26/h4-5,7-8,14H,6,9-13H2,1-3H3. The molecule has 26 heavy (non-hydrogen) atoms. The van der Waals surface area contributed by atoms with E-state index in [9.17, 15) is 4.79 Å². The average Bonchev–Trinajstić information content (AvgIpc) is 2.66. The molecule has 0 spiro atoms. The normalized spacial score (nSPS) is 14.4. The molecule has 1 amide bonds. The number of hydrogen-bond acceptors (Lipinski definition) is 6. The van der Waals surface area contributed by atoms with Crippen molar-refractivity contribution in [3.05, 3.63) is 42.0 Å². The Morgan fingerprint density at radius 2 is 1.85 bits per heavy atom. The van der Waals surface area contributed by atoms with Gasteiger partial charge in [0.05, 0.1) is 0 Å². The largest absolute Gasteiger partial charge is 0.359 e. The van der Waals surface area contributed by atoms with Crippen molar-refractivity contribution in [2.24, 2.45) is 0 Å². The summed E-state index contributed by atoms with van der Waals surface area (Å²) in [4.78, 5) is 31.0. The van der Waals surface area contributed by atoms with Crippen molar-refractivity contribution in [3.63, 3.8) is 0 Å².